The topological polar surface area (TPSA) is 61.1 Å². The van der Waals surface area contributed by atoms with Gasteiger partial charge >= 0.3 is 5.97 Å². The SMILES string of the molecule is CC[C@H]1CC[C@H](c2ccc(C(=O)O)c(-c3ccc(C#N)c(F)c3)c2)CC1. The largest absolute Gasteiger partial charge is 0.478 e. The molecule has 1 N–H and O–H groups in total. The number of benzene rings is 2. The zero-order valence-electron chi connectivity index (χ0n) is 14.8. The highest BCUT2D eigenvalue weighted by molar-refractivity contribution is 5.96. The molecular weight excluding hydrogens is 329 g/mol. The van der Waals surface area contributed by atoms with Gasteiger partial charge in [-0.1, -0.05) is 31.5 Å². The Kier molecular flexibility index (Phi) is 5.37. The van der Waals surface area contributed by atoms with E-state index in [0.717, 1.165) is 24.3 Å². The smallest absolute Gasteiger partial charge is 0.336 e. The normalized spacial score (nSPS) is 19.7. The van der Waals surface area contributed by atoms with Gasteiger partial charge < -0.3 is 5.11 Å². The molecule has 0 unspecified atom stereocenters. The van der Waals surface area contributed by atoms with Crippen LogP contribution in [0.2, 0.25) is 0 Å². The monoisotopic (exact) mass is 351 g/mol. The zero-order chi connectivity index (χ0) is 18.7. The first-order valence-electron chi connectivity index (χ1n) is 9.10. The molecule has 26 heavy (non-hydrogen) atoms. The number of nitrogens with zero attached hydrogens (tertiary/aromatic N) is 1. The van der Waals surface area contributed by atoms with Crippen LogP contribution in [0.3, 0.4) is 0 Å². The molecule has 134 valence electrons. The summed E-state index contributed by atoms with van der Waals surface area (Å²) in [6.45, 7) is 2.23. The molecule has 0 amide bonds. The van der Waals surface area contributed by atoms with Gasteiger partial charge in [-0.15, -0.1) is 0 Å². The number of carbonyl (C=O) groups is 1. The first kappa shape index (κ1) is 18.1. The van der Waals surface area contributed by atoms with Crippen LogP contribution in [-0.4, -0.2) is 11.1 Å². The van der Waals surface area contributed by atoms with E-state index in [1.165, 1.54) is 31.4 Å². The molecule has 1 aliphatic rings. The molecule has 3 rings (SSSR count). The van der Waals surface area contributed by atoms with Crippen molar-refractivity contribution >= 4 is 5.97 Å². The molecule has 0 heterocycles. The van der Waals surface area contributed by atoms with E-state index >= 15 is 0 Å². The fraction of sp³-hybridized carbons (Fsp3) is 0.364. The lowest BCUT2D eigenvalue weighted by Crippen LogP contribution is -2.13. The van der Waals surface area contributed by atoms with Gasteiger partial charge in [-0.2, -0.15) is 5.26 Å². The van der Waals surface area contributed by atoms with E-state index in [9.17, 15) is 14.3 Å². The zero-order valence-corrected chi connectivity index (χ0v) is 14.8. The number of carboxylic acid groups (broad SMARTS) is 1. The Labute approximate surface area is 153 Å². The predicted octanol–water partition coefficient (Wildman–Crippen LogP) is 5.75. The standard InChI is InChI=1S/C22H22FNO2/c1-2-14-3-5-15(6-4-14)16-9-10-19(22(25)26)20(11-16)17-7-8-18(13-24)21(23)12-17/h7-12,14-15H,2-6H2,1H3,(H,25,26)/t14-,15-. The van der Waals surface area contributed by atoms with Gasteiger partial charge in [0.05, 0.1) is 11.1 Å². The van der Waals surface area contributed by atoms with Gasteiger partial charge in [-0.3, -0.25) is 0 Å². The maximum Gasteiger partial charge on any atom is 0.336 e. The Bertz CT molecular complexity index is 861. The van der Waals surface area contributed by atoms with Crippen LogP contribution in [0, 0.1) is 23.1 Å². The minimum absolute atomic E-state index is 0.0420. The van der Waals surface area contributed by atoms with E-state index in [0.29, 0.717) is 17.0 Å². The molecule has 0 saturated heterocycles. The molecule has 1 saturated carbocycles. The fourth-order valence-corrected chi connectivity index (χ4v) is 3.92. The average Bonchev–Trinajstić information content (AvgIpc) is 2.67. The van der Waals surface area contributed by atoms with Gasteiger partial charge in [0.1, 0.15) is 11.9 Å². The Balaban J connectivity index is 1.99. The minimum Gasteiger partial charge on any atom is -0.478 e. The highest BCUT2D eigenvalue weighted by Crippen LogP contribution is 2.39. The predicted molar refractivity (Wildman–Crippen MR) is 98.5 cm³/mol. The molecule has 0 radical (unpaired) electrons. The number of aromatic carboxylic acids is 1. The number of rotatable bonds is 4. The molecule has 1 fully saturated rings. The summed E-state index contributed by atoms with van der Waals surface area (Å²) in [7, 11) is 0. The second kappa shape index (κ2) is 7.70. The molecule has 1 aliphatic carbocycles. The number of carboxylic acids is 1. The Morgan fingerprint density at radius 3 is 2.50 bits per heavy atom. The van der Waals surface area contributed by atoms with Gasteiger partial charge in [0.25, 0.3) is 0 Å². The van der Waals surface area contributed by atoms with Crippen molar-refractivity contribution in [2.24, 2.45) is 5.92 Å². The van der Waals surface area contributed by atoms with Crippen molar-refractivity contribution in [3.8, 4) is 17.2 Å². The number of nitriles is 1. The quantitative estimate of drug-likeness (QED) is 0.763. The van der Waals surface area contributed by atoms with E-state index in [4.69, 9.17) is 5.26 Å². The van der Waals surface area contributed by atoms with E-state index in [1.807, 2.05) is 12.1 Å². The summed E-state index contributed by atoms with van der Waals surface area (Å²) in [6.07, 6.45) is 5.81. The van der Waals surface area contributed by atoms with E-state index in [-0.39, 0.29) is 11.1 Å². The first-order chi connectivity index (χ1) is 12.5. The molecule has 0 atom stereocenters. The number of hydrogen-bond acceptors (Lipinski definition) is 2. The summed E-state index contributed by atoms with van der Waals surface area (Å²) in [4.78, 5) is 11.6. The Hall–Kier alpha value is -2.67. The van der Waals surface area contributed by atoms with Crippen molar-refractivity contribution < 1.29 is 14.3 Å². The molecular formula is C22H22FNO2. The molecule has 4 heteroatoms. The maximum absolute atomic E-state index is 14.0. The van der Waals surface area contributed by atoms with Crippen molar-refractivity contribution in [1.82, 2.24) is 0 Å². The van der Waals surface area contributed by atoms with Crippen molar-refractivity contribution in [3.63, 3.8) is 0 Å². The molecule has 2 aromatic carbocycles. The molecule has 2 aromatic rings. The van der Waals surface area contributed by atoms with Crippen LogP contribution < -0.4 is 0 Å². The summed E-state index contributed by atoms with van der Waals surface area (Å²) in [6, 6.07) is 11.5. The lowest BCUT2D eigenvalue weighted by Gasteiger charge is -2.28. The minimum atomic E-state index is -1.04. The second-order valence-corrected chi connectivity index (χ2v) is 7.04. The van der Waals surface area contributed by atoms with E-state index in [2.05, 4.69) is 6.92 Å². The van der Waals surface area contributed by atoms with Crippen LogP contribution >= 0.6 is 0 Å². The third-order valence-electron chi connectivity index (χ3n) is 5.57. The van der Waals surface area contributed by atoms with Crippen molar-refractivity contribution in [2.75, 3.05) is 0 Å². The fourth-order valence-electron chi connectivity index (χ4n) is 3.92. The lowest BCUT2D eigenvalue weighted by atomic mass is 9.77. The first-order valence-corrected chi connectivity index (χ1v) is 9.10. The molecule has 0 bridgehead atoms. The summed E-state index contributed by atoms with van der Waals surface area (Å²) in [5, 5.41) is 18.4. The molecule has 3 nitrogen and oxygen atoms in total. The highest BCUT2D eigenvalue weighted by atomic mass is 19.1. The van der Waals surface area contributed by atoms with Crippen molar-refractivity contribution in [3.05, 3.63) is 58.9 Å². The van der Waals surface area contributed by atoms with Crippen LogP contribution in [0.15, 0.2) is 36.4 Å². The summed E-state index contributed by atoms with van der Waals surface area (Å²) < 4.78 is 14.0. The van der Waals surface area contributed by atoms with E-state index < -0.39 is 11.8 Å². The number of halogens is 1. The third kappa shape index (κ3) is 3.62. The molecule has 0 spiro atoms. The second-order valence-electron chi connectivity index (χ2n) is 7.04. The van der Waals surface area contributed by atoms with Gasteiger partial charge in [0.2, 0.25) is 0 Å². The number of hydrogen-bond donors (Lipinski definition) is 1. The van der Waals surface area contributed by atoms with Gasteiger partial charge in [-0.05, 0) is 72.4 Å². The average molecular weight is 351 g/mol. The summed E-state index contributed by atoms with van der Waals surface area (Å²) in [5.41, 5.74) is 2.23. The Morgan fingerprint density at radius 2 is 1.92 bits per heavy atom. The Morgan fingerprint density at radius 1 is 1.19 bits per heavy atom. The highest BCUT2D eigenvalue weighted by Gasteiger charge is 2.23. The maximum atomic E-state index is 14.0. The van der Waals surface area contributed by atoms with E-state index in [1.54, 1.807) is 18.2 Å². The lowest BCUT2D eigenvalue weighted by molar-refractivity contribution is 0.0697. The van der Waals surface area contributed by atoms with Gasteiger partial charge in [0.15, 0.2) is 0 Å². The van der Waals surface area contributed by atoms with Crippen LogP contribution in [0.25, 0.3) is 11.1 Å². The van der Waals surface area contributed by atoms with Crippen LogP contribution in [0.5, 0.6) is 0 Å². The molecule has 0 aromatic heterocycles. The van der Waals surface area contributed by atoms with Crippen LogP contribution in [0.4, 0.5) is 4.39 Å². The summed E-state index contributed by atoms with van der Waals surface area (Å²) in [5.74, 6) is -0.458. The third-order valence-corrected chi connectivity index (χ3v) is 5.57. The van der Waals surface area contributed by atoms with Crippen molar-refractivity contribution in [1.29, 1.82) is 5.26 Å². The van der Waals surface area contributed by atoms with Crippen molar-refractivity contribution in [2.45, 2.75) is 44.9 Å². The van der Waals surface area contributed by atoms with Crippen LogP contribution in [-0.2, 0) is 0 Å². The summed E-state index contributed by atoms with van der Waals surface area (Å²) >= 11 is 0. The van der Waals surface area contributed by atoms with Crippen LogP contribution in [0.1, 0.15) is 66.4 Å². The molecule has 0 aliphatic heterocycles. The van der Waals surface area contributed by atoms with Gasteiger partial charge in [0, 0.05) is 0 Å². The van der Waals surface area contributed by atoms with Gasteiger partial charge in [-0.25, -0.2) is 9.18 Å².